The van der Waals surface area contributed by atoms with Crippen molar-refractivity contribution in [3.63, 3.8) is 0 Å². The van der Waals surface area contributed by atoms with Crippen molar-refractivity contribution in [3.05, 3.63) is 76.8 Å². The number of aromatic amines is 1. The van der Waals surface area contributed by atoms with Crippen LogP contribution in [0.4, 0.5) is 4.39 Å². The van der Waals surface area contributed by atoms with Gasteiger partial charge in [0, 0.05) is 31.2 Å². The van der Waals surface area contributed by atoms with Gasteiger partial charge in [-0.05, 0) is 12.1 Å². The molecule has 2 heterocycles. The van der Waals surface area contributed by atoms with Gasteiger partial charge in [0.25, 0.3) is 5.91 Å². The normalized spacial score (nSPS) is 12.1. The monoisotopic (exact) mass is 332 g/mol. The van der Waals surface area contributed by atoms with Gasteiger partial charge in [-0.3, -0.25) is 4.79 Å². The molecular formula is C16H14ClFN4O. The summed E-state index contributed by atoms with van der Waals surface area (Å²) >= 11 is 5.82. The molecule has 0 fully saturated rings. The molecule has 3 rings (SSSR count). The van der Waals surface area contributed by atoms with Crippen LogP contribution in [0.2, 0.25) is 5.02 Å². The number of carbonyl (C=O) groups excluding carboxylic acids is 1. The van der Waals surface area contributed by atoms with Gasteiger partial charge in [0.05, 0.1) is 5.02 Å². The molecule has 118 valence electrons. The van der Waals surface area contributed by atoms with E-state index < -0.39 is 17.8 Å². The number of carbonyl (C=O) groups is 1. The van der Waals surface area contributed by atoms with Gasteiger partial charge < -0.3 is 14.9 Å². The molecule has 1 amide bonds. The molecule has 1 atom stereocenters. The molecule has 7 heteroatoms. The van der Waals surface area contributed by atoms with Crippen LogP contribution in [0.1, 0.15) is 27.9 Å². The molecular weight excluding hydrogens is 319 g/mol. The number of aromatic nitrogens is 3. The molecule has 5 nitrogen and oxygen atoms in total. The van der Waals surface area contributed by atoms with E-state index in [4.69, 9.17) is 11.6 Å². The lowest BCUT2D eigenvalue weighted by molar-refractivity contribution is 0.0936. The number of rotatable bonds is 4. The second kappa shape index (κ2) is 6.26. The van der Waals surface area contributed by atoms with Crippen molar-refractivity contribution in [1.29, 1.82) is 0 Å². The lowest BCUT2D eigenvalue weighted by Gasteiger charge is -2.19. The van der Waals surface area contributed by atoms with Crippen LogP contribution >= 0.6 is 11.6 Å². The summed E-state index contributed by atoms with van der Waals surface area (Å²) < 4.78 is 15.9. The summed E-state index contributed by atoms with van der Waals surface area (Å²) in [4.78, 5) is 19.4. The highest BCUT2D eigenvalue weighted by Gasteiger charge is 2.24. The first-order valence-electron chi connectivity index (χ1n) is 6.92. The number of imidazole rings is 1. The zero-order valence-electron chi connectivity index (χ0n) is 12.3. The van der Waals surface area contributed by atoms with Crippen molar-refractivity contribution in [2.75, 3.05) is 0 Å². The maximum Gasteiger partial charge on any atom is 0.268 e. The van der Waals surface area contributed by atoms with E-state index in [1.54, 1.807) is 42.2 Å². The highest BCUT2D eigenvalue weighted by molar-refractivity contribution is 6.30. The summed E-state index contributed by atoms with van der Waals surface area (Å²) in [5, 5.41) is 3.22. The molecule has 0 spiro atoms. The van der Waals surface area contributed by atoms with Crippen molar-refractivity contribution in [2.24, 2.45) is 7.05 Å². The summed E-state index contributed by atoms with van der Waals surface area (Å²) in [6, 6.07) is 7.08. The Balaban J connectivity index is 1.98. The first kappa shape index (κ1) is 15.3. The highest BCUT2D eigenvalue weighted by atomic mass is 35.5. The molecule has 1 aromatic carbocycles. The Hall–Kier alpha value is -2.60. The average Bonchev–Trinajstić information content (AvgIpc) is 3.14. The van der Waals surface area contributed by atoms with Gasteiger partial charge in [-0.1, -0.05) is 29.8 Å². The first-order valence-corrected chi connectivity index (χ1v) is 7.30. The van der Waals surface area contributed by atoms with Crippen LogP contribution in [0.3, 0.4) is 0 Å². The highest BCUT2D eigenvalue weighted by Crippen LogP contribution is 2.23. The van der Waals surface area contributed by atoms with Gasteiger partial charge in [0.2, 0.25) is 0 Å². The third kappa shape index (κ3) is 3.12. The third-order valence-electron chi connectivity index (χ3n) is 3.50. The topological polar surface area (TPSA) is 62.7 Å². The molecule has 0 radical (unpaired) electrons. The predicted octanol–water partition coefficient (Wildman–Crippen LogP) is 3.06. The van der Waals surface area contributed by atoms with E-state index in [1.807, 2.05) is 0 Å². The van der Waals surface area contributed by atoms with E-state index in [-0.39, 0.29) is 0 Å². The van der Waals surface area contributed by atoms with Gasteiger partial charge >= 0.3 is 0 Å². The Kier molecular flexibility index (Phi) is 4.16. The van der Waals surface area contributed by atoms with Crippen LogP contribution in [0, 0.1) is 5.82 Å². The molecule has 2 aromatic heterocycles. The quantitative estimate of drug-likeness (QED) is 0.771. The van der Waals surface area contributed by atoms with Crippen molar-refractivity contribution < 1.29 is 9.18 Å². The van der Waals surface area contributed by atoms with Gasteiger partial charge in [-0.15, -0.1) is 0 Å². The largest absolute Gasteiger partial charge is 0.356 e. The molecule has 23 heavy (non-hydrogen) atoms. The lowest BCUT2D eigenvalue weighted by Crippen LogP contribution is -2.31. The molecule has 0 aliphatic rings. The number of amides is 1. The minimum Gasteiger partial charge on any atom is -0.356 e. The summed E-state index contributed by atoms with van der Waals surface area (Å²) in [6.45, 7) is 0. The zero-order valence-corrected chi connectivity index (χ0v) is 13.0. The van der Waals surface area contributed by atoms with E-state index in [2.05, 4.69) is 15.3 Å². The maximum absolute atomic E-state index is 14.2. The Labute approximate surface area is 137 Å². The number of hydrogen-bond acceptors (Lipinski definition) is 2. The number of nitrogens with zero attached hydrogens (tertiary/aromatic N) is 2. The summed E-state index contributed by atoms with van der Waals surface area (Å²) in [5.41, 5.74) is 0.637. The Morgan fingerprint density at radius 3 is 2.83 bits per heavy atom. The van der Waals surface area contributed by atoms with Crippen LogP contribution in [-0.2, 0) is 7.05 Å². The van der Waals surface area contributed by atoms with Crippen molar-refractivity contribution in [2.45, 2.75) is 6.04 Å². The Morgan fingerprint density at radius 1 is 1.43 bits per heavy atom. The smallest absolute Gasteiger partial charge is 0.268 e. The number of benzene rings is 1. The third-order valence-corrected chi connectivity index (χ3v) is 3.72. The second-order valence-corrected chi connectivity index (χ2v) is 5.49. The first-order chi connectivity index (χ1) is 11.1. The molecule has 2 N–H and O–H groups in total. The molecule has 0 unspecified atom stereocenters. The number of H-pyrrole nitrogens is 1. The summed E-state index contributed by atoms with van der Waals surface area (Å²) in [6.07, 6.45) is 4.84. The second-order valence-electron chi connectivity index (χ2n) is 5.06. The van der Waals surface area contributed by atoms with Crippen molar-refractivity contribution >= 4 is 17.5 Å². The average molecular weight is 333 g/mol. The fraction of sp³-hybridized carbons (Fsp3) is 0.125. The van der Waals surface area contributed by atoms with Crippen LogP contribution in [0.25, 0.3) is 0 Å². The standard InChI is InChI=1S/C16H14ClFN4O/c1-22-7-6-19-15(22)14(11-4-2-3-5-12(11)18)21-16(23)13-8-10(17)9-20-13/h2-9,14,20H,1H3,(H,21,23)/t14-/m1/s1. The van der Waals surface area contributed by atoms with Crippen LogP contribution in [0.5, 0.6) is 0 Å². The molecule has 0 aliphatic heterocycles. The number of hydrogen-bond donors (Lipinski definition) is 2. The van der Waals surface area contributed by atoms with Crippen LogP contribution < -0.4 is 5.32 Å². The van der Waals surface area contributed by atoms with Crippen molar-refractivity contribution in [3.8, 4) is 0 Å². The number of nitrogens with one attached hydrogen (secondary N) is 2. The Morgan fingerprint density at radius 2 is 2.22 bits per heavy atom. The zero-order chi connectivity index (χ0) is 16.4. The van der Waals surface area contributed by atoms with E-state index in [0.29, 0.717) is 22.1 Å². The lowest BCUT2D eigenvalue weighted by atomic mass is 10.1. The van der Waals surface area contributed by atoms with E-state index in [0.717, 1.165) is 0 Å². The Bertz CT molecular complexity index is 842. The minimum absolute atomic E-state index is 0.297. The minimum atomic E-state index is -0.717. The van der Waals surface area contributed by atoms with Gasteiger partial charge in [-0.2, -0.15) is 0 Å². The molecule has 0 saturated heterocycles. The van der Waals surface area contributed by atoms with E-state index >= 15 is 0 Å². The molecule has 0 aliphatic carbocycles. The fourth-order valence-electron chi connectivity index (χ4n) is 2.35. The van der Waals surface area contributed by atoms with Crippen LogP contribution in [0.15, 0.2) is 48.9 Å². The maximum atomic E-state index is 14.2. The van der Waals surface area contributed by atoms with E-state index in [9.17, 15) is 9.18 Å². The predicted molar refractivity (Wildman–Crippen MR) is 84.7 cm³/mol. The SMILES string of the molecule is Cn1ccnc1[C@H](NC(=O)c1cc(Cl)c[nH]1)c1ccccc1F. The number of halogens is 2. The molecule has 3 aromatic rings. The van der Waals surface area contributed by atoms with Gasteiger partial charge in [0.15, 0.2) is 0 Å². The number of aryl methyl sites for hydroxylation is 1. The summed E-state index contributed by atoms with van der Waals surface area (Å²) in [7, 11) is 1.79. The summed E-state index contributed by atoms with van der Waals surface area (Å²) in [5.74, 6) is -0.278. The van der Waals surface area contributed by atoms with Crippen LogP contribution in [-0.4, -0.2) is 20.4 Å². The van der Waals surface area contributed by atoms with E-state index in [1.165, 1.54) is 18.3 Å². The van der Waals surface area contributed by atoms with Gasteiger partial charge in [0.1, 0.15) is 23.4 Å². The van der Waals surface area contributed by atoms with Gasteiger partial charge in [-0.25, -0.2) is 9.37 Å². The molecule has 0 saturated carbocycles. The van der Waals surface area contributed by atoms with Crippen molar-refractivity contribution in [1.82, 2.24) is 19.9 Å². The molecule has 0 bridgehead atoms. The fourth-order valence-corrected chi connectivity index (χ4v) is 2.52.